The van der Waals surface area contributed by atoms with Crippen LogP contribution in [0.4, 0.5) is 22.4 Å². The van der Waals surface area contributed by atoms with Gasteiger partial charge < -0.3 is 14.4 Å². The van der Waals surface area contributed by atoms with E-state index in [9.17, 15) is 22.4 Å². The van der Waals surface area contributed by atoms with E-state index in [0.717, 1.165) is 25.0 Å². The highest BCUT2D eigenvalue weighted by atomic mass is 19.4. The molecule has 1 aliphatic heterocycles. The van der Waals surface area contributed by atoms with Gasteiger partial charge in [-0.15, -0.1) is 0 Å². The van der Waals surface area contributed by atoms with Gasteiger partial charge in [0.05, 0.1) is 6.10 Å². The summed E-state index contributed by atoms with van der Waals surface area (Å²) in [5, 5.41) is 0. The van der Waals surface area contributed by atoms with E-state index in [2.05, 4.69) is 0 Å². The number of likely N-dealkylation sites (tertiary alicyclic amines) is 1. The lowest BCUT2D eigenvalue weighted by atomic mass is 9.85. The minimum absolute atomic E-state index is 0.167. The molecule has 1 aromatic carbocycles. The van der Waals surface area contributed by atoms with Gasteiger partial charge in [-0.3, -0.25) is 0 Å². The van der Waals surface area contributed by atoms with Crippen LogP contribution in [0.5, 0.6) is 5.75 Å². The van der Waals surface area contributed by atoms with Gasteiger partial charge in [-0.25, -0.2) is 9.18 Å². The van der Waals surface area contributed by atoms with Crippen LogP contribution in [0.25, 0.3) is 0 Å². The maximum absolute atomic E-state index is 13.3. The number of hydrogen-bond acceptors (Lipinski definition) is 3. The molecule has 1 aromatic rings. The Balaban J connectivity index is 1.65. The first-order valence-corrected chi connectivity index (χ1v) is 9.38. The molecule has 156 valence electrons. The molecule has 0 aromatic heterocycles. The van der Waals surface area contributed by atoms with E-state index in [0.29, 0.717) is 32.0 Å². The molecule has 2 fully saturated rings. The summed E-state index contributed by atoms with van der Waals surface area (Å²) in [6.45, 7) is 6.48. The minimum atomic E-state index is -4.69. The molecule has 3 rings (SSSR count). The van der Waals surface area contributed by atoms with Crippen LogP contribution in [0.3, 0.4) is 0 Å². The zero-order chi connectivity index (χ0) is 20.7. The third kappa shape index (κ3) is 4.70. The summed E-state index contributed by atoms with van der Waals surface area (Å²) in [5.41, 5.74) is -1.85. The molecule has 4 nitrogen and oxygen atoms in total. The second-order valence-corrected chi connectivity index (χ2v) is 8.77. The standard InChI is InChI=1S/C20H25F4NO3/c1-18(2,3)28-17(26)25-9-8-19(12-25)7-6-14(11-19)27-16-5-4-13(21)10-15(16)20(22,23)24/h4-5,10,14H,6-9,11-12H2,1-3H3. The largest absolute Gasteiger partial charge is 0.490 e. The normalized spacial score (nSPS) is 25.4. The van der Waals surface area contributed by atoms with Crippen LogP contribution < -0.4 is 4.74 Å². The van der Waals surface area contributed by atoms with Gasteiger partial charge in [0, 0.05) is 13.1 Å². The topological polar surface area (TPSA) is 38.8 Å². The molecule has 0 radical (unpaired) electrons. The summed E-state index contributed by atoms with van der Waals surface area (Å²) < 4.78 is 63.8. The Bertz CT molecular complexity index is 744. The van der Waals surface area contributed by atoms with Gasteiger partial charge in [-0.2, -0.15) is 13.2 Å². The van der Waals surface area contributed by atoms with Crippen LogP contribution >= 0.6 is 0 Å². The first-order chi connectivity index (χ1) is 12.9. The highest BCUT2D eigenvalue weighted by Crippen LogP contribution is 2.47. The van der Waals surface area contributed by atoms with Crippen molar-refractivity contribution in [3.05, 3.63) is 29.6 Å². The molecule has 1 amide bonds. The maximum Gasteiger partial charge on any atom is 0.420 e. The van der Waals surface area contributed by atoms with Crippen LogP contribution in [0, 0.1) is 11.2 Å². The molecule has 0 bridgehead atoms. The van der Waals surface area contributed by atoms with Gasteiger partial charge in [0.15, 0.2) is 0 Å². The molecule has 28 heavy (non-hydrogen) atoms. The Morgan fingerprint density at radius 3 is 2.57 bits per heavy atom. The van der Waals surface area contributed by atoms with Crippen molar-refractivity contribution >= 4 is 6.09 Å². The number of benzene rings is 1. The minimum Gasteiger partial charge on any atom is -0.490 e. The third-order valence-electron chi connectivity index (χ3n) is 5.29. The van der Waals surface area contributed by atoms with Crippen LogP contribution in [0.2, 0.25) is 0 Å². The van der Waals surface area contributed by atoms with Crippen molar-refractivity contribution in [1.29, 1.82) is 0 Å². The molecule has 1 spiro atoms. The number of carbonyl (C=O) groups excluding carboxylic acids is 1. The summed E-state index contributed by atoms with van der Waals surface area (Å²) in [5.74, 6) is -1.30. The van der Waals surface area contributed by atoms with Gasteiger partial charge in [-0.05, 0) is 70.1 Å². The Morgan fingerprint density at radius 2 is 1.93 bits per heavy atom. The molecular formula is C20H25F4NO3. The van der Waals surface area contributed by atoms with Crippen molar-refractivity contribution in [3.8, 4) is 5.75 Å². The zero-order valence-electron chi connectivity index (χ0n) is 16.2. The lowest BCUT2D eigenvalue weighted by molar-refractivity contribution is -0.139. The Kier molecular flexibility index (Phi) is 5.27. The van der Waals surface area contributed by atoms with E-state index in [1.54, 1.807) is 25.7 Å². The Morgan fingerprint density at radius 1 is 1.21 bits per heavy atom. The molecule has 1 saturated carbocycles. The Hall–Kier alpha value is -1.99. The average Bonchev–Trinajstić information content (AvgIpc) is 3.14. The zero-order valence-corrected chi connectivity index (χ0v) is 16.2. The molecule has 1 heterocycles. The number of amides is 1. The molecule has 2 atom stereocenters. The fraction of sp³-hybridized carbons (Fsp3) is 0.650. The summed E-state index contributed by atoms with van der Waals surface area (Å²) in [6.07, 6.45) is -2.77. The first kappa shape index (κ1) is 20.7. The Labute approximate surface area is 161 Å². The molecule has 0 N–H and O–H groups in total. The highest BCUT2D eigenvalue weighted by molar-refractivity contribution is 5.68. The second kappa shape index (κ2) is 7.12. The lowest BCUT2D eigenvalue weighted by Crippen LogP contribution is -2.36. The summed E-state index contributed by atoms with van der Waals surface area (Å²) in [7, 11) is 0. The summed E-state index contributed by atoms with van der Waals surface area (Å²) >= 11 is 0. The van der Waals surface area contributed by atoms with Crippen molar-refractivity contribution in [2.24, 2.45) is 5.41 Å². The van der Waals surface area contributed by atoms with Gasteiger partial charge in [0.2, 0.25) is 0 Å². The van der Waals surface area contributed by atoms with Gasteiger partial charge in [-0.1, -0.05) is 0 Å². The quantitative estimate of drug-likeness (QED) is 0.621. The van der Waals surface area contributed by atoms with Crippen LogP contribution in [0.15, 0.2) is 18.2 Å². The number of nitrogens with zero attached hydrogens (tertiary/aromatic N) is 1. The van der Waals surface area contributed by atoms with Gasteiger partial charge >= 0.3 is 12.3 Å². The summed E-state index contributed by atoms with van der Waals surface area (Å²) in [4.78, 5) is 13.9. The van der Waals surface area contributed by atoms with E-state index in [-0.39, 0.29) is 17.3 Å². The van der Waals surface area contributed by atoms with Crippen LogP contribution in [-0.2, 0) is 10.9 Å². The highest BCUT2D eigenvalue weighted by Gasteiger charge is 2.47. The molecule has 1 aliphatic carbocycles. The molecule has 8 heteroatoms. The monoisotopic (exact) mass is 403 g/mol. The number of halogens is 4. The van der Waals surface area contributed by atoms with Crippen molar-refractivity contribution in [2.75, 3.05) is 13.1 Å². The average molecular weight is 403 g/mol. The SMILES string of the molecule is CC(C)(C)OC(=O)N1CCC2(CCC(Oc3ccc(F)cc3C(F)(F)F)C2)C1. The number of alkyl halides is 3. The predicted octanol–water partition coefficient (Wildman–Crippen LogP) is 5.40. The number of ether oxygens (including phenoxy) is 2. The molecular weight excluding hydrogens is 378 g/mol. The third-order valence-corrected chi connectivity index (χ3v) is 5.29. The van der Waals surface area contributed by atoms with Crippen LogP contribution in [0.1, 0.15) is 52.0 Å². The van der Waals surface area contributed by atoms with Crippen molar-refractivity contribution in [3.63, 3.8) is 0 Å². The van der Waals surface area contributed by atoms with E-state index in [1.165, 1.54) is 0 Å². The summed E-state index contributed by atoms with van der Waals surface area (Å²) in [6, 6.07) is 2.46. The van der Waals surface area contributed by atoms with Gasteiger partial charge in [0.1, 0.15) is 22.7 Å². The number of rotatable bonds is 2. The number of carbonyl (C=O) groups is 1. The van der Waals surface area contributed by atoms with Gasteiger partial charge in [0.25, 0.3) is 0 Å². The van der Waals surface area contributed by atoms with Crippen molar-refractivity contribution < 1.29 is 31.8 Å². The first-order valence-electron chi connectivity index (χ1n) is 9.38. The smallest absolute Gasteiger partial charge is 0.420 e. The number of hydrogen-bond donors (Lipinski definition) is 0. The fourth-order valence-corrected chi connectivity index (χ4v) is 4.05. The molecule has 1 saturated heterocycles. The molecule has 2 aliphatic rings. The van der Waals surface area contributed by atoms with E-state index >= 15 is 0 Å². The van der Waals surface area contributed by atoms with Crippen LogP contribution in [-0.4, -0.2) is 35.8 Å². The van der Waals surface area contributed by atoms with Crippen molar-refractivity contribution in [1.82, 2.24) is 4.90 Å². The molecule has 2 unspecified atom stereocenters. The maximum atomic E-state index is 13.3. The fourth-order valence-electron chi connectivity index (χ4n) is 4.05. The second-order valence-electron chi connectivity index (χ2n) is 8.77. The lowest BCUT2D eigenvalue weighted by Gasteiger charge is -2.27. The van der Waals surface area contributed by atoms with E-state index < -0.39 is 29.3 Å². The predicted molar refractivity (Wildman–Crippen MR) is 94.5 cm³/mol. The van der Waals surface area contributed by atoms with E-state index in [1.807, 2.05) is 0 Å². The van der Waals surface area contributed by atoms with Crippen molar-refractivity contribution in [2.45, 2.75) is 64.3 Å². The van der Waals surface area contributed by atoms with E-state index in [4.69, 9.17) is 9.47 Å².